The summed E-state index contributed by atoms with van der Waals surface area (Å²) < 4.78 is 79.0. The van der Waals surface area contributed by atoms with E-state index in [9.17, 15) is 26.3 Å². The summed E-state index contributed by atoms with van der Waals surface area (Å²) in [5.74, 6) is -2.96. The average molecular weight is 412 g/mol. The number of anilines is 2. The number of nitrogens with two attached hydrogens (primary N) is 2. The maximum Gasteiger partial charge on any atom is 0.451 e. The predicted molar refractivity (Wildman–Crippen MR) is 83.0 cm³/mol. The average Bonchev–Trinajstić information content (AvgIpc) is 2.87. The van der Waals surface area contributed by atoms with Crippen molar-refractivity contribution in [2.45, 2.75) is 19.3 Å². The molecule has 4 N–H and O–H groups in total. The van der Waals surface area contributed by atoms with Crippen molar-refractivity contribution >= 4 is 34.1 Å². The minimum absolute atomic E-state index is 0.0544. The molecular weight excluding hydrogens is 404 g/mol. The molecule has 0 aliphatic rings. The molecule has 27 heavy (non-hydrogen) atoms. The molecular formula is C13H8ClF6N7. The molecule has 0 atom stereocenters. The van der Waals surface area contributed by atoms with Gasteiger partial charge in [-0.3, -0.25) is 0 Å². The fourth-order valence-electron chi connectivity index (χ4n) is 2.23. The Balaban J connectivity index is 2.40. The van der Waals surface area contributed by atoms with Gasteiger partial charge in [-0.15, -0.1) is 5.10 Å². The molecule has 14 heteroatoms. The van der Waals surface area contributed by atoms with Crippen LogP contribution in [0.25, 0.3) is 16.9 Å². The van der Waals surface area contributed by atoms with E-state index in [1.54, 1.807) is 6.92 Å². The Hall–Kier alpha value is -2.83. The predicted octanol–water partition coefficient (Wildman–Crippen LogP) is 3.37. The van der Waals surface area contributed by atoms with Gasteiger partial charge in [0.15, 0.2) is 17.2 Å². The number of hydrogen-bond acceptors (Lipinski definition) is 6. The van der Waals surface area contributed by atoms with Crippen LogP contribution in [0.2, 0.25) is 5.02 Å². The van der Waals surface area contributed by atoms with E-state index in [1.165, 1.54) is 6.20 Å². The third-order valence-electron chi connectivity index (χ3n) is 3.53. The molecule has 0 radical (unpaired) electrons. The third-order valence-corrected chi connectivity index (χ3v) is 3.90. The Labute approximate surface area is 151 Å². The highest BCUT2D eigenvalue weighted by molar-refractivity contribution is 6.34. The molecule has 3 aromatic rings. The van der Waals surface area contributed by atoms with Crippen LogP contribution >= 0.6 is 11.6 Å². The number of rotatable bonds is 1. The highest BCUT2D eigenvalue weighted by atomic mass is 35.5. The molecule has 0 saturated carbocycles. The van der Waals surface area contributed by atoms with Gasteiger partial charge in [0.25, 0.3) is 0 Å². The van der Waals surface area contributed by atoms with Gasteiger partial charge in [-0.2, -0.15) is 31.0 Å². The summed E-state index contributed by atoms with van der Waals surface area (Å²) in [7, 11) is 0. The Bertz CT molecular complexity index is 1060. The third kappa shape index (κ3) is 3.07. The number of aryl methyl sites for hydroxylation is 1. The first-order chi connectivity index (χ1) is 12.3. The Morgan fingerprint density at radius 1 is 1.04 bits per heavy atom. The lowest BCUT2D eigenvalue weighted by Gasteiger charge is -2.11. The minimum Gasteiger partial charge on any atom is -0.397 e. The number of hydrogen-bond donors (Lipinski definition) is 2. The zero-order valence-corrected chi connectivity index (χ0v) is 13.9. The number of nitrogen functional groups attached to an aromatic ring is 2. The summed E-state index contributed by atoms with van der Waals surface area (Å²) in [6.07, 6.45) is -9.22. The van der Waals surface area contributed by atoms with Gasteiger partial charge < -0.3 is 11.5 Å². The normalized spacial score (nSPS) is 12.7. The van der Waals surface area contributed by atoms with Gasteiger partial charge in [-0.1, -0.05) is 11.6 Å². The largest absolute Gasteiger partial charge is 0.451 e. The molecule has 3 heterocycles. The van der Waals surface area contributed by atoms with Gasteiger partial charge >= 0.3 is 12.4 Å². The number of fused-ring (bicyclic) bond motifs is 1. The molecule has 0 amide bonds. The highest BCUT2D eigenvalue weighted by Gasteiger charge is 2.43. The molecule has 3 rings (SSSR count). The number of aromatic nitrogens is 5. The van der Waals surface area contributed by atoms with E-state index in [-0.39, 0.29) is 16.5 Å². The second-order valence-corrected chi connectivity index (χ2v) is 5.76. The molecule has 0 bridgehead atoms. The lowest BCUT2D eigenvalue weighted by molar-refractivity contribution is -0.151. The summed E-state index contributed by atoms with van der Waals surface area (Å²) in [4.78, 5) is 9.52. The number of alkyl halides is 6. The zero-order valence-electron chi connectivity index (χ0n) is 13.1. The first-order valence-corrected chi connectivity index (χ1v) is 7.31. The van der Waals surface area contributed by atoms with Gasteiger partial charge in [-0.25, -0.2) is 15.0 Å². The first-order valence-electron chi connectivity index (χ1n) is 6.94. The van der Waals surface area contributed by atoms with Crippen LogP contribution < -0.4 is 11.5 Å². The van der Waals surface area contributed by atoms with Gasteiger partial charge in [-0.05, 0) is 12.5 Å². The maximum absolute atomic E-state index is 13.3. The minimum atomic E-state index is -5.24. The van der Waals surface area contributed by atoms with Crippen LogP contribution in [0.4, 0.5) is 37.8 Å². The summed E-state index contributed by atoms with van der Waals surface area (Å²) >= 11 is 6.02. The Morgan fingerprint density at radius 2 is 1.67 bits per heavy atom. The molecule has 0 saturated heterocycles. The monoisotopic (exact) mass is 411 g/mol. The van der Waals surface area contributed by atoms with Crippen LogP contribution in [0.5, 0.6) is 0 Å². The van der Waals surface area contributed by atoms with Crippen LogP contribution in [-0.4, -0.2) is 24.7 Å². The van der Waals surface area contributed by atoms with Crippen LogP contribution in [0.15, 0.2) is 6.20 Å². The quantitative estimate of drug-likeness (QED) is 0.594. The van der Waals surface area contributed by atoms with Crippen molar-refractivity contribution in [2.24, 2.45) is 0 Å². The molecule has 0 unspecified atom stereocenters. The summed E-state index contributed by atoms with van der Waals surface area (Å²) in [5, 5.41) is 2.50. The van der Waals surface area contributed by atoms with Crippen molar-refractivity contribution in [1.82, 2.24) is 24.7 Å². The molecule has 0 aliphatic carbocycles. The highest BCUT2D eigenvalue weighted by Crippen LogP contribution is 2.39. The van der Waals surface area contributed by atoms with E-state index in [0.29, 0.717) is 10.2 Å². The van der Waals surface area contributed by atoms with Crippen LogP contribution in [-0.2, 0) is 12.4 Å². The number of halogens is 7. The van der Waals surface area contributed by atoms with Gasteiger partial charge in [0.2, 0.25) is 5.82 Å². The summed E-state index contributed by atoms with van der Waals surface area (Å²) in [6.45, 7) is 1.57. The van der Waals surface area contributed by atoms with Crippen molar-refractivity contribution < 1.29 is 26.3 Å². The smallest absolute Gasteiger partial charge is 0.397 e. The van der Waals surface area contributed by atoms with E-state index in [0.717, 1.165) is 0 Å². The van der Waals surface area contributed by atoms with E-state index in [2.05, 4.69) is 20.1 Å². The van der Waals surface area contributed by atoms with Crippen molar-refractivity contribution in [1.29, 1.82) is 0 Å². The van der Waals surface area contributed by atoms with E-state index in [4.69, 9.17) is 23.1 Å². The Morgan fingerprint density at radius 3 is 2.22 bits per heavy atom. The fourth-order valence-corrected chi connectivity index (χ4v) is 2.51. The molecule has 3 aromatic heterocycles. The summed E-state index contributed by atoms with van der Waals surface area (Å²) in [5.41, 5.74) is 9.15. The molecule has 7 nitrogen and oxygen atoms in total. The Kier molecular flexibility index (Phi) is 4.10. The zero-order chi connectivity index (χ0) is 20.3. The van der Waals surface area contributed by atoms with Crippen LogP contribution in [0.3, 0.4) is 0 Å². The van der Waals surface area contributed by atoms with Gasteiger partial charge in [0.05, 0.1) is 11.1 Å². The van der Waals surface area contributed by atoms with E-state index >= 15 is 0 Å². The SMILES string of the molecule is Cc1cnc(-n2nc3nc(C(F)(F)F)nc(C(F)(F)F)c3c2N)c(Cl)c1N. The van der Waals surface area contributed by atoms with Crippen LogP contribution in [0, 0.1) is 6.92 Å². The van der Waals surface area contributed by atoms with Gasteiger partial charge in [0.1, 0.15) is 10.8 Å². The van der Waals surface area contributed by atoms with E-state index in [1.807, 2.05) is 0 Å². The van der Waals surface area contributed by atoms with E-state index < -0.39 is 40.7 Å². The molecule has 0 aliphatic heterocycles. The second kappa shape index (κ2) is 5.84. The standard InChI is InChI=1S/C13H8ClF6N7/c1-3-2-23-10(5(14)6(3)21)27-8(22)4-7(12(15,16)17)24-11(13(18,19)20)25-9(4)26-27/h2H,22H2,1H3,(H2,21,23). The molecule has 0 spiro atoms. The first kappa shape index (κ1) is 18.9. The van der Waals surface area contributed by atoms with Crippen LogP contribution in [0.1, 0.15) is 17.1 Å². The molecule has 144 valence electrons. The molecule has 0 aromatic carbocycles. The summed E-state index contributed by atoms with van der Waals surface area (Å²) in [6, 6.07) is 0. The number of nitrogens with zero attached hydrogens (tertiary/aromatic N) is 5. The lowest BCUT2D eigenvalue weighted by atomic mass is 10.2. The fraction of sp³-hybridized carbons (Fsp3) is 0.231. The molecule has 0 fully saturated rings. The maximum atomic E-state index is 13.3. The van der Waals surface area contributed by atoms with Crippen molar-refractivity contribution in [3.63, 3.8) is 0 Å². The van der Waals surface area contributed by atoms with Crippen molar-refractivity contribution in [3.8, 4) is 5.82 Å². The van der Waals surface area contributed by atoms with Crippen molar-refractivity contribution in [2.75, 3.05) is 11.5 Å². The van der Waals surface area contributed by atoms with Crippen molar-refractivity contribution in [3.05, 3.63) is 28.3 Å². The van der Waals surface area contributed by atoms with Gasteiger partial charge in [0, 0.05) is 6.20 Å². The number of pyridine rings is 1. The lowest BCUT2D eigenvalue weighted by Crippen LogP contribution is -2.17. The topological polar surface area (TPSA) is 109 Å². The second-order valence-electron chi connectivity index (χ2n) is 5.38.